The van der Waals surface area contributed by atoms with Crippen molar-refractivity contribution in [2.75, 3.05) is 4.72 Å². The third-order valence-electron chi connectivity index (χ3n) is 5.64. The van der Waals surface area contributed by atoms with Crippen LogP contribution in [0.25, 0.3) is 11.0 Å². The molecule has 0 saturated heterocycles. The highest BCUT2D eigenvalue weighted by molar-refractivity contribution is 7.92. The number of imidazole rings is 1. The van der Waals surface area contributed by atoms with E-state index in [0.29, 0.717) is 17.8 Å². The molecule has 0 aliphatic carbocycles. The third-order valence-corrected chi connectivity index (χ3v) is 7.02. The van der Waals surface area contributed by atoms with E-state index < -0.39 is 10.0 Å². The summed E-state index contributed by atoms with van der Waals surface area (Å²) in [6.07, 6.45) is 0. The number of carbonyl (C=O) groups is 1. The smallest absolute Gasteiger partial charge is 0.261 e. The molecule has 0 fully saturated rings. The maximum absolute atomic E-state index is 12.7. The van der Waals surface area contributed by atoms with E-state index in [2.05, 4.69) is 19.6 Å². The van der Waals surface area contributed by atoms with Crippen molar-refractivity contribution >= 4 is 32.7 Å². The zero-order valence-corrected chi connectivity index (χ0v) is 19.6. The Labute approximate surface area is 193 Å². The van der Waals surface area contributed by atoms with Crippen LogP contribution in [0.2, 0.25) is 0 Å². The molecule has 1 aromatic heterocycles. The van der Waals surface area contributed by atoms with Crippen molar-refractivity contribution in [3.63, 3.8) is 0 Å². The van der Waals surface area contributed by atoms with E-state index in [0.717, 1.165) is 34.5 Å². The lowest BCUT2D eigenvalue weighted by Crippen LogP contribution is -2.24. The van der Waals surface area contributed by atoms with Gasteiger partial charge in [-0.3, -0.25) is 9.52 Å². The molecular weight excluding hydrogens is 436 g/mol. The molecule has 0 atom stereocenters. The van der Waals surface area contributed by atoms with Crippen molar-refractivity contribution in [3.8, 4) is 0 Å². The SMILES string of the molecule is CCn1c(CNC(=O)c2ccc(NS(=O)(=O)c3ccc(C)c(C)c3)cc2)nc2ccccc21. The maximum Gasteiger partial charge on any atom is 0.261 e. The molecule has 3 aromatic carbocycles. The Kier molecular flexibility index (Phi) is 6.20. The lowest BCUT2D eigenvalue weighted by molar-refractivity contribution is 0.0949. The average molecular weight is 463 g/mol. The minimum atomic E-state index is -3.71. The Morgan fingerprint density at radius 3 is 2.39 bits per heavy atom. The van der Waals surface area contributed by atoms with Crippen LogP contribution in [0.15, 0.2) is 71.6 Å². The van der Waals surface area contributed by atoms with Crippen LogP contribution in [0.1, 0.15) is 34.2 Å². The number of fused-ring (bicyclic) bond motifs is 1. The van der Waals surface area contributed by atoms with E-state index in [4.69, 9.17) is 0 Å². The molecule has 0 unspecified atom stereocenters. The van der Waals surface area contributed by atoms with Gasteiger partial charge in [0, 0.05) is 17.8 Å². The Bertz CT molecular complexity index is 1420. The molecule has 0 aliphatic rings. The molecule has 7 nitrogen and oxygen atoms in total. The number of benzene rings is 3. The topological polar surface area (TPSA) is 93.1 Å². The third kappa shape index (κ3) is 4.75. The summed E-state index contributed by atoms with van der Waals surface area (Å²) in [6, 6.07) is 19.2. The molecule has 1 amide bonds. The molecule has 4 aromatic rings. The molecule has 0 aliphatic heterocycles. The first-order valence-corrected chi connectivity index (χ1v) is 12.2. The van der Waals surface area contributed by atoms with Crippen LogP contribution >= 0.6 is 0 Å². The van der Waals surface area contributed by atoms with Crippen molar-refractivity contribution in [2.45, 2.75) is 38.8 Å². The number of aromatic nitrogens is 2. The number of nitrogens with one attached hydrogen (secondary N) is 2. The van der Waals surface area contributed by atoms with Gasteiger partial charge >= 0.3 is 0 Å². The van der Waals surface area contributed by atoms with E-state index in [9.17, 15) is 13.2 Å². The van der Waals surface area contributed by atoms with Gasteiger partial charge in [0.1, 0.15) is 5.82 Å². The summed E-state index contributed by atoms with van der Waals surface area (Å²) in [5.41, 5.74) is 4.68. The highest BCUT2D eigenvalue weighted by Gasteiger charge is 2.16. The second kappa shape index (κ2) is 9.07. The Hall–Kier alpha value is -3.65. The van der Waals surface area contributed by atoms with Crippen molar-refractivity contribution in [1.82, 2.24) is 14.9 Å². The molecular formula is C25H26N4O3S. The maximum atomic E-state index is 12.7. The van der Waals surface area contributed by atoms with Gasteiger partial charge in [0.05, 0.1) is 22.5 Å². The molecule has 0 radical (unpaired) electrons. The highest BCUT2D eigenvalue weighted by atomic mass is 32.2. The number of aryl methyl sites for hydroxylation is 3. The number of anilines is 1. The monoisotopic (exact) mass is 462 g/mol. The molecule has 33 heavy (non-hydrogen) atoms. The van der Waals surface area contributed by atoms with Gasteiger partial charge in [0.2, 0.25) is 0 Å². The van der Waals surface area contributed by atoms with E-state index in [1.165, 1.54) is 0 Å². The molecule has 0 saturated carbocycles. The van der Waals surface area contributed by atoms with Crippen LogP contribution in [-0.2, 0) is 23.1 Å². The molecule has 4 rings (SSSR count). The first-order valence-electron chi connectivity index (χ1n) is 10.7. The largest absolute Gasteiger partial charge is 0.345 e. The minimum Gasteiger partial charge on any atom is -0.345 e. The lowest BCUT2D eigenvalue weighted by atomic mass is 10.1. The van der Waals surface area contributed by atoms with Gasteiger partial charge < -0.3 is 9.88 Å². The van der Waals surface area contributed by atoms with Gasteiger partial charge in [-0.05, 0) is 80.4 Å². The van der Waals surface area contributed by atoms with Gasteiger partial charge in [0.15, 0.2) is 0 Å². The number of hydrogen-bond donors (Lipinski definition) is 2. The summed E-state index contributed by atoms with van der Waals surface area (Å²) < 4.78 is 30.0. The molecule has 0 bridgehead atoms. The molecule has 1 heterocycles. The van der Waals surface area contributed by atoms with Crippen molar-refractivity contribution < 1.29 is 13.2 Å². The number of sulfonamides is 1. The Balaban J connectivity index is 1.44. The normalized spacial score (nSPS) is 11.5. The number of carbonyl (C=O) groups excluding carboxylic acids is 1. The first kappa shape index (κ1) is 22.5. The lowest BCUT2D eigenvalue weighted by Gasteiger charge is -2.11. The van der Waals surface area contributed by atoms with Crippen LogP contribution in [0.4, 0.5) is 5.69 Å². The second-order valence-electron chi connectivity index (χ2n) is 7.87. The zero-order chi connectivity index (χ0) is 23.6. The van der Waals surface area contributed by atoms with E-state index in [1.54, 1.807) is 42.5 Å². The number of rotatable bonds is 7. The molecule has 170 valence electrons. The van der Waals surface area contributed by atoms with Crippen molar-refractivity contribution in [3.05, 3.63) is 89.2 Å². The summed E-state index contributed by atoms with van der Waals surface area (Å²) in [5, 5.41) is 2.90. The fourth-order valence-electron chi connectivity index (χ4n) is 3.66. The standard InChI is InChI=1S/C25H26N4O3S/c1-4-29-23-8-6-5-7-22(23)27-24(29)16-26-25(30)19-10-12-20(13-11-19)28-33(31,32)21-14-9-17(2)18(3)15-21/h5-15,28H,4,16H2,1-3H3,(H,26,30). The van der Waals surface area contributed by atoms with Crippen LogP contribution in [-0.4, -0.2) is 23.9 Å². The van der Waals surface area contributed by atoms with Crippen molar-refractivity contribution in [2.24, 2.45) is 0 Å². The quantitative estimate of drug-likeness (QED) is 0.426. The summed E-state index contributed by atoms with van der Waals surface area (Å²) in [4.78, 5) is 17.4. The average Bonchev–Trinajstić information content (AvgIpc) is 3.17. The second-order valence-corrected chi connectivity index (χ2v) is 9.55. The van der Waals surface area contributed by atoms with E-state index in [1.807, 2.05) is 45.0 Å². The fraction of sp³-hybridized carbons (Fsp3) is 0.200. The van der Waals surface area contributed by atoms with Crippen LogP contribution < -0.4 is 10.0 Å². The summed E-state index contributed by atoms with van der Waals surface area (Å²) in [5.74, 6) is 0.526. The number of amides is 1. The van der Waals surface area contributed by atoms with Crippen LogP contribution in [0, 0.1) is 13.8 Å². The van der Waals surface area contributed by atoms with Crippen molar-refractivity contribution in [1.29, 1.82) is 0 Å². The Morgan fingerprint density at radius 1 is 0.970 bits per heavy atom. The van der Waals surface area contributed by atoms with Gasteiger partial charge in [-0.25, -0.2) is 13.4 Å². The van der Waals surface area contributed by atoms with E-state index in [-0.39, 0.29) is 10.8 Å². The predicted molar refractivity (Wildman–Crippen MR) is 130 cm³/mol. The number of hydrogen-bond acceptors (Lipinski definition) is 4. The zero-order valence-electron chi connectivity index (χ0n) is 18.8. The fourth-order valence-corrected chi connectivity index (χ4v) is 4.80. The van der Waals surface area contributed by atoms with Gasteiger partial charge in [-0.2, -0.15) is 0 Å². The van der Waals surface area contributed by atoms with E-state index >= 15 is 0 Å². The highest BCUT2D eigenvalue weighted by Crippen LogP contribution is 2.20. The minimum absolute atomic E-state index is 0.200. The summed E-state index contributed by atoms with van der Waals surface area (Å²) in [7, 11) is -3.71. The number of para-hydroxylation sites is 2. The first-order chi connectivity index (χ1) is 15.8. The molecule has 2 N–H and O–H groups in total. The summed E-state index contributed by atoms with van der Waals surface area (Å²) >= 11 is 0. The van der Waals surface area contributed by atoms with Crippen LogP contribution in [0.5, 0.6) is 0 Å². The van der Waals surface area contributed by atoms with Crippen LogP contribution in [0.3, 0.4) is 0 Å². The van der Waals surface area contributed by atoms with Gasteiger partial charge in [-0.1, -0.05) is 18.2 Å². The van der Waals surface area contributed by atoms with Gasteiger partial charge in [-0.15, -0.1) is 0 Å². The molecule has 0 spiro atoms. The Morgan fingerprint density at radius 2 is 1.70 bits per heavy atom. The predicted octanol–water partition coefficient (Wildman–Crippen LogP) is 4.40. The molecule has 8 heteroatoms. The summed E-state index contributed by atoms with van der Waals surface area (Å²) in [6.45, 7) is 6.89. The number of nitrogens with zero attached hydrogens (tertiary/aromatic N) is 2. The van der Waals surface area contributed by atoms with Gasteiger partial charge in [0.25, 0.3) is 15.9 Å².